The molecule has 0 spiro atoms. The van der Waals surface area contributed by atoms with Gasteiger partial charge in [0.05, 0.1) is 21.8 Å². The third kappa shape index (κ3) is 3.46. The number of anilines is 1. The first kappa shape index (κ1) is 20.9. The third-order valence-corrected chi connectivity index (χ3v) is 6.94. The van der Waals surface area contributed by atoms with E-state index >= 15 is 0 Å². The molecule has 34 heavy (non-hydrogen) atoms. The Hall–Kier alpha value is -3.64. The first-order valence-electron chi connectivity index (χ1n) is 12.0. The molecule has 6 rings (SSSR count). The van der Waals surface area contributed by atoms with Crippen LogP contribution in [0.5, 0.6) is 0 Å². The molecule has 1 fully saturated rings. The fourth-order valence-corrected chi connectivity index (χ4v) is 5.23. The zero-order valence-corrected chi connectivity index (χ0v) is 19.2. The highest BCUT2D eigenvalue weighted by atomic mass is 16.3. The number of nitrogens with zero attached hydrogens (tertiary/aromatic N) is 1. The van der Waals surface area contributed by atoms with Crippen molar-refractivity contribution in [2.75, 3.05) is 31.5 Å². The lowest BCUT2D eigenvalue weighted by Crippen LogP contribution is -2.22. The maximum atomic E-state index is 13.7. The predicted molar refractivity (Wildman–Crippen MR) is 139 cm³/mol. The second-order valence-electron chi connectivity index (χ2n) is 9.31. The van der Waals surface area contributed by atoms with Crippen molar-refractivity contribution < 1.29 is 4.42 Å². The summed E-state index contributed by atoms with van der Waals surface area (Å²) in [7, 11) is 0. The Morgan fingerprint density at radius 2 is 1.68 bits per heavy atom. The maximum absolute atomic E-state index is 13.7. The van der Waals surface area contributed by atoms with Gasteiger partial charge in [-0.1, -0.05) is 30.3 Å². The third-order valence-electron chi connectivity index (χ3n) is 6.94. The van der Waals surface area contributed by atoms with E-state index in [2.05, 4.69) is 15.2 Å². The van der Waals surface area contributed by atoms with Crippen LogP contribution in [-0.2, 0) is 0 Å². The number of aromatic nitrogens is 1. The molecule has 6 nitrogen and oxygen atoms in total. The van der Waals surface area contributed by atoms with E-state index in [0.717, 1.165) is 37.1 Å². The molecule has 0 atom stereocenters. The zero-order valence-electron chi connectivity index (χ0n) is 19.2. The summed E-state index contributed by atoms with van der Waals surface area (Å²) in [4.78, 5) is 33.2. The van der Waals surface area contributed by atoms with Gasteiger partial charge in [0.15, 0.2) is 22.0 Å². The van der Waals surface area contributed by atoms with Crippen molar-refractivity contribution in [2.24, 2.45) is 0 Å². The highest BCUT2D eigenvalue weighted by Gasteiger charge is 2.19. The zero-order chi connectivity index (χ0) is 23.2. The lowest BCUT2D eigenvalue weighted by atomic mass is 9.99. The Labute approximate surface area is 196 Å². The monoisotopic (exact) mass is 453 g/mol. The summed E-state index contributed by atoms with van der Waals surface area (Å²) in [6.07, 6.45) is 3.51. The van der Waals surface area contributed by atoms with E-state index in [1.807, 2.05) is 31.2 Å². The molecule has 2 heterocycles. The lowest BCUT2D eigenvalue weighted by molar-refractivity contribution is 0.337. The van der Waals surface area contributed by atoms with Crippen molar-refractivity contribution in [3.63, 3.8) is 0 Å². The number of hydrogen-bond acceptors (Lipinski definition) is 5. The van der Waals surface area contributed by atoms with Crippen molar-refractivity contribution >= 4 is 49.4 Å². The van der Waals surface area contributed by atoms with Gasteiger partial charge in [-0.3, -0.25) is 9.59 Å². The average molecular weight is 454 g/mol. The standard InChI is InChI=1S/C28H27N3O3/c1-17-9-10-22-20(15-17)30-26-23(34-22)16-21(29-11-6-14-31-12-4-5-13-31)24-25(26)28(33)19-8-3-2-7-18(19)27(24)32/h2-3,7-10,15-16,29-30H,4-6,11-14H2,1H3. The molecule has 0 radical (unpaired) electrons. The average Bonchev–Trinajstić information content (AvgIpc) is 3.37. The van der Waals surface area contributed by atoms with Crippen LogP contribution < -0.4 is 16.2 Å². The molecule has 0 bridgehead atoms. The molecule has 5 aromatic rings. The van der Waals surface area contributed by atoms with Gasteiger partial charge in [0, 0.05) is 29.1 Å². The first-order valence-corrected chi connectivity index (χ1v) is 12.0. The molecule has 1 aliphatic rings. The van der Waals surface area contributed by atoms with Crippen LogP contribution in [0.25, 0.3) is 43.7 Å². The van der Waals surface area contributed by atoms with E-state index in [0.29, 0.717) is 50.5 Å². The van der Waals surface area contributed by atoms with Gasteiger partial charge in [0.2, 0.25) is 0 Å². The fraction of sp³-hybridized carbons (Fsp3) is 0.286. The van der Waals surface area contributed by atoms with Gasteiger partial charge in [-0.2, -0.15) is 0 Å². The summed E-state index contributed by atoms with van der Waals surface area (Å²) >= 11 is 0. The Bertz CT molecular complexity index is 1680. The van der Waals surface area contributed by atoms with Crippen LogP contribution in [0.4, 0.5) is 5.69 Å². The number of nitrogens with one attached hydrogen (secondary N) is 2. The van der Waals surface area contributed by atoms with Gasteiger partial charge in [0.25, 0.3) is 0 Å². The number of hydrogen-bond donors (Lipinski definition) is 2. The van der Waals surface area contributed by atoms with E-state index in [1.165, 1.54) is 12.8 Å². The molecule has 1 saturated heterocycles. The van der Waals surface area contributed by atoms with Gasteiger partial charge in [-0.25, -0.2) is 0 Å². The second kappa shape index (κ2) is 8.29. The normalized spacial score (nSPS) is 14.6. The highest BCUT2D eigenvalue weighted by Crippen LogP contribution is 2.31. The number of fused-ring (bicyclic) bond motifs is 5. The van der Waals surface area contributed by atoms with Crippen LogP contribution in [0.15, 0.2) is 62.5 Å². The quantitative estimate of drug-likeness (QED) is 0.219. The lowest BCUT2D eigenvalue weighted by Gasteiger charge is -2.16. The van der Waals surface area contributed by atoms with E-state index < -0.39 is 0 Å². The summed E-state index contributed by atoms with van der Waals surface area (Å²) in [6, 6.07) is 14.8. The van der Waals surface area contributed by atoms with Crippen LogP contribution >= 0.6 is 0 Å². The van der Waals surface area contributed by atoms with Gasteiger partial charge >= 0.3 is 0 Å². The van der Waals surface area contributed by atoms with Crippen molar-refractivity contribution in [3.05, 3.63) is 74.5 Å². The number of H-pyrrole nitrogens is 1. The van der Waals surface area contributed by atoms with E-state index in [9.17, 15) is 9.59 Å². The minimum atomic E-state index is -0.158. The van der Waals surface area contributed by atoms with Crippen LogP contribution in [0.2, 0.25) is 0 Å². The van der Waals surface area contributed by atoms with Crippen LogP contribution in [-0.4, -0.2) is 36.1 Å². The summed E-state index contributed by atoms with van der Waals surface area (Å²) in [5.74, 6) is 0. The number of rotatable bonds is 5. The Morgan fingerprint density at radius 1 is 0.941 bits per heavy atom. The van der Waals surface area contributed by atoms with Crippen LogP contribution in [0, 0.1) is 6.92 Å². The van der Waals surface area contributed by atoms with Crippen LogP contribution in [0.3, 0.4) is 0 Å². The maximum Gasteiger partial charge on any atom is 0.196 e. The molecule has 0 saturated carbocycles. The smallest absolute Gasteiger partial charge is 0.196 e. The summed E-state index contributed by atoms with van der Waals surface area (Å²) < 4.78 is 6.22. The summed E-state index contributed by atoms with van der Waals surface area (Å²) in [5, 5.41) is 5.15. The molecule has 0 unspecified atom stereocenters. The predicted octanol–water partition coefficient (Wildman–Crippen LogP) is 5.15. The Morgan fingerprint density at radius 3 is 2.44 bits per heavy atom. The molecule has 172 valence electrons. The van der Waals surface area contributed by atoms with Gasteiger partial charge in [-0.15, -0.1) is 0 Å². The first-order chi connectivity index (χ1) is 16.6. The number of benzene rings is 4. The van der Waals surface area contributed by atoms with E-state index in [1.54, 1.807) is 24.3 Å². The van der Waals surface area contributed by atoms with E-state index in [-0.39, 0.29) is 10.9 Å². The molecule has 4 aromatic carbocycles. The SMILES string of the molecule is Cc1ccc2oc3cc(NCCCN4CCCC4)c4c(=O)c5ccccc5c(=O)c4c3[nH]c2c1. The second-order valence-corrected chi connectivity index (χ2v) is 9.31. The molecule has 1 aromatic heterocycles. The molecule has 6 heteroatoms. The molecular formula is C28H27N3O3. The van der Waals surface area contributed by atoms with Gasteiger partial charge in [-0.05, 0) is 63.5 Å². The van der Waals surface area contributed by atoms with Crippen molar-refractivity contribution in [1.29, 1.82) is 0 Å². The molecule has 0 aliphatic carbocycles. The van der Waals surface area contributed by atoms with Crippen molar-refractivity contribution in [3.8, 4) is 0 Å². The Kier molecular flexibility index (Phi) is 5.11. The summed E-state index contributed by atoms with van der Waals surface area (Å²) in [5.41, 5.74) is 4.05. The largest absolute Gasteiger partial charge is 0.453 e. The topological polar surface area (TPSA) is 78.3 Å². The molecule has 1 aliphatic heterocycles. The Balaban J connectivity index is 1.57. The number of aryl methyl sites for hydroxylation is 1. The summed E-state index contributed by atoms with van der Waals surface area (Å²) in [6.45, 7) is 6.08. The van der Waals surface area contributed by atoms with Crippen LogP contribution in [0.1, 0.15) is 24.8 Å². The van der Waals surface area contributed by atoms with Gasteiger partial charge in [0.1, 0.15) is 0 Å². The number of aromatic amines is 1. The fourth-order valence-electron chi connectivity index (χ4n) is 5.23. The van der Waals surface area contributed by atoms with E-state index in [4.69, 9.17) is 4.42 Å². The van der Waals surface area contributed by atoms with Crippen molar-refractivity contribution in [2.45, 2.75) is 26.2 Å². The molecule has 2 N–H and O–H groups in total. The van der Waals surface area contributed by atoms with Crippen molar-refractivity contribution in [1.82, 2.24) is 9.88 Å². The molecule has 0 amide bonds. The minimum Gasteiger partial charge on any atom is -0.453 e. The minimum absolute atomic E-state index is 0.133. The molecular weight excluding hydrogens is 426 g/mol. The highest BCUT2D eigenvalue weighted by molar-refractivity contribution is 6.14. The number of likely N-dealkylation sites (tertiary alicyclic amines) is 1. The van der Waals surface area contributed by atoms with Gasteiger partial charge < -0.3 is 19.6 Å².